The first-order chi connectivity index (χ1) is 8.58. The summed E-state index contributed by atoms with van der Waals surface area (Å²) < 4.78 is 0. The summed E-state index contributed by atoms with van der Waals surface area (Å²) in [6, 6.07) is 5.46. The molecular formula is C14H20N2O2. The van der Waals surface area contributed by atoms with Gasteiger partial charge in [0.05, 0.1) is 5.56 Å². The minimum absolute atomic E-state index is 0.0860. The standard InChI is InChI=1S/C14H20N2O2/c1-10-4-3-5-12(13(10)17)14(18)15-11-6-8-16(2)9-7-11/h3-5,11,17H,6-9H2,1-2H3,(H,15,18). The lowest BCUT2D eigenvalue weighted by Gasteiger charge is -2.29. The van der Waals surface area contributed by atoms with E-state index in [1.165, 1.54) is 0 Å². The van der Waals surface area contributed by atoms with Crippen LogP contribution in [0.2, 0.25) is 0 Å². The van der Waals surface area contributed by atoms with Gasteiger partial charge in [0.2, 0.25) is 0 Å². The predicted octanol–water partition coefficient (Wildman–Crippen LogP) is 1.52. The Morgan fingerprint density at radius 2 is 2.06 bits per heavy atom. The van der Waals surface area contributed by atoms with Gasteiger partial charge in [-0.05, 0) is 51.5 Å². The monoisotopic (exact) mass is 248 g/mol. The van der Waals surface area contributed by atoms with Crippen molar-refractivity contribution in [3.8, 4) is 5.75 Å². The average molecular weight is 248 g/mol. The van der Waals surface area contributed by atoms with Crippen LogP contribution in [0.1, 0.15) is 28.8 Å². The maximum Gasteiger partial charge on any atom is 0.255 e. The molecule has 1 heterocycles. The molecule has 1 aliphatic heterocycles. The lowest BCUT2D eigenvalue weighted by Crippen LogP contribution is -2.43. The Hall–Kier alpha value is -1.55. The molecule has 98 valence electrons. The number of piperidine rings is 1. The van der Waals surface area contributed by atoms with Crippen molar-refractivity contribution >= 4 is 5.91 Å². The van der Waals surface area contributed by atoms with Crippen molar-refractivity contribution in [2.75, 3.05) is 20.1 Å². The van der Waals surface area contributed by atoms with Crippen LogP contribution in [-0.2, 0) is 0 Å². The Morgan fingerprint density at radius 3 is 2.72 bits per heavy atom. The van der Waals surface area contributed by atoms with Crippen molar-refractivity contribution in [3.63, 3.8) is 0 Å². The molecule has 0 atom stereocenters. The Kier molecular flexibility index (Phi) is 3.87. The van der Waals surface area contributed by atoms with E-state index in [9.17, 15) is 9.90 Å². The first-order valence-electron chi connectivity index (χ1n) is 6.36. The number of rotatable bonds is 2. The minimum Gasteiger partial charge on any atom is -0.507 e. The van der Waals surface area contributed by atoms with Gasteiger partial charge in [-0.3, -0.25) is 4.79 Å². The number of phenolic OH excluding ortho intramolecular Hbond substituents is 1. The van der Waals surface area contributed by atoms with E-state index in [1.807, 2.05) is 0 Å². The second-order valence-electron chi connectivity index (χ2n) is 5.02. The molecule has 2 N–H and O–H groups in total. The van der Waals surface area contributed by atoms with Crippen LogP contribution in [0.25, 0.3) is 0 Å². The highest BCUT2D eigenvalue weighted by Crippen LogP contribution is 2.21. The molecule has 4 heteroatoms. The Balaban J connectivity index is 2.01. The first kappa shape index (κ1) is 12.9. The van der Waals surface area contributed by atoms with E-state index in [0.717, 1.165) is 31.5 Å². The van der Waals surface area contributed by atoms with Crippen LogP contribution in [0, 0.1) is 6.92 Å². The summed E-state index contributed by atoms with van der Waals surface area (Å²) in [4.78, 5) is 14.3. The largest absolute Gasteiger partial charge is 0.507 e. The van der Waals surface area contributed by atoms with E-state index >= 15 is 0 Å². The minimum atomic E-state index is -0.175. The van der Waals surface area contributed by atoms with Gasteiger partial charge in [-0.15, -0.1) is 0 Å². The first-order valence-corrected chi connectivity index (χ1v) is 6.36. The van der Waals surface area contributed by atoms with Crippen LogP contribution in [0.5, 0.6) is 5.75 Å². The molecule has 18 heavy (non-hydrogen) atoms. The number of hydrogen-bond donors (Lipinski definition) is 2. The molecule has 0 aromatic heterocycles. The maximum absolute atomic E-state index is 12.1. The number of nitrogens with one attached hydrogen (secondary N) is 1. The van der Waals surface area contributed by atoms with E-state index in [2.05, 4.69) is 17.3 Å². The van der Waals surface area contributed by atoms with Gasteiger partial charge in [-0.1, -0.05) is 12.1 Å². The summed E-state index contributed by atoms with van der Waals surface area (Å²) in [6.07, 6.45) is 1.93. The lowest BCUT2D eigenvalue weighted by molar-refractivity contribution is 0.0914. The number of carbonyl (C=O) groups excluding carboxylic acids is 1. The van der Waals surface area contributed by atoms with E-state index in [1.54, 1.807) is 25.1 Å². The van der Waals surface area contributed by atoms with Gasteiger partial charge >= 0.3 is 0 Å². The number of phenols is 1. The zero-order valence-corrected chi connectivity index (χ0v) is 10.9. The van der Waals surface area contributed by atoms with Gasteiger partial charge in [0.1, 0.15) is 5.75 Å². The molecule has 0 bridgehead atoms. The summed E-state index contributed by atoms with van der Waals surface area (Å²) in [7, 11) is 2.09. The Bertz CT molecular complexity index is 437. The zero-order chi connectivity index (χ0) is 13.1. The highest BCUT2D eigenvalue weighted by atomic mass is 16.3. The molecule has 1 saturated heterocycles. The molecule has 1 amide bonds. The molecule has 1 aromatic rings. The molecule has 1 aromatic carbocycles. The highest BCUT2D eigenvalue weighted by molar-refractivity contribution is 5.97. The quantitative estimate of drug-likeness (QED) is 0.834. The van der Waals surface area contributed by atoms with Crippen LogP contribution >= 0.6 is 0 Å². The van der Waals surface area contributed by atoms with E-state index in [4.69, 9.17) is 0 Å². The van der Waals surface area contributed by atoms with Gasteiger partial charge < -0.3 is 15.3 Å². The van der Waals surface area contributed by atoms with Crippen LogP contribution in [-0.4, -0.2) is 42.1 Å². The number of aryl methyl sites for hydroxylation is 1. The van der Waals surface area contributed by atoms with Gasteiger partial charge in [-0.25, -0.2) is 0 Å². The second kappa shape index (κ2) is 5.40. The van der Waals surface area contributed by atoms with Crippen LogP contribution < -0.4 is 5.32 Å². The van der Waals surface area contributed by atoms with Gasteiger partial charge in [0, 0.05) is 6.04 Å². The molecule has 0 spiro atoms. The topological polar surface area (TPSA) is 52.6 Å². The predicted molar refractivity (Wildman–Crippen MR) is 70.8 cm³/mol. The normalized spacial score (nSPS) is 17.7. The fourth-order valence-corrected chi connectivity index (χ4v) is 2.26. The van der Waals surface area contributed by atoms with Gasteiger partial charge in [0.25, 0.3) is 5.91 Å². The fourth-order valence-electron chi connectivity index (χ4n) is 2.26. The lowest BCUT2D eigenvalue weighted by atomic mass is 10.0. The summed E-state index contributed by atoms with van der Waals surface area (Å²) in [5.74, 6) is -0.0892. The summed E-state index contributed by atoms with van der Waals surface area (Å²) >= 11 is 0. The third-order valence-corrected chi connectivity index (χ3v) is 3.54. The zero-order valence-electron chi connectivity index (χ0n) is 10.9. The molecule has 0 saturated carbocycles. The smallest absolute Gasteiger partial charge is 0.255 e. The number of nitrogens with zero attached hydrogens (tertiary/aromatic N) is 1. The summed E-state index contributed by atoms with van der Waals surface area (Å²) in [5, 5.41) is 12.9. The number of para-hydroxylation sites is 1. The number of carbonyl (C=O) groups is 1. The van der Waals surface area contributed by atoms with Crippen molar-refractivity contribution in [1.82, 2.24) is 10.2 Å². The number of hydrogen-bond acceptors (Lipinski definition) is 3. The SMILES string of the molecule is Cc1cccc(C(=O)NC2CCN(C)CC2)c1O. The molecule has 0 radical (unpaired) electrons. The van der Waals surface area contributed by atoms with Gasteiger partial charge in [0.15, 0.2) is 0 Å². The second-order valence-corrected chi connectivity index (χ2v) is 5.02. The van der Waals surface area contributed by atoms with E-state index in [0.29, 0.717) is 5.56 Å². The molecule has 0 aliphatic carbocycles. The van der Waals surface area contributed by atoms with E-state index in [-0.39, 0.29) is 17.7 Å². The van der Waals surface area contributed by atoms with Crippen LogP contribution in [0.15, 0.2) is 18.2 Å². The molecule has 4 nitrogen and oxygen atoms in total. The Morgan fingerprint density at radius 1 is 1.39 bits per heavy atom. The molecule has 0 unspecified atom stereocenters. The highest BCUT2D eigenvalue weighted by Gasteiger charge is 2.20. The Labute approximate surface area is 108 Å². The number of benzene rings is 1. The molecular weight excluding hydrogens is 228 g/mol. The van der Waals surface area contributed by atoms with Crippen LogP contribution in [0.4, 0.5) is 0 Å². The van der Waals surface area contributed by atoms with Crippen molar-refractivity contribution < 1.29 is 9.90 Å². The molecule has 1 aliphatic rings. The number of amides is 1. The molecule has 1 fully saturated rings. The van der Waals surface area contributed by atoms with Crippen molar-refractivity contribution in [1.29, 1.82) is 0 Å². The maximum atomic E-state index is 12.1. The number of aromatic hydroxyl groups is 1. The van der Waals surface area contributed by atoms with Crippen LogP contribution in [0.3, 0.4) is 0 Å². The van der Waals surface area contributed by atoms with Gasteiger partial charge in [-0.2, -0.15) is 0 Å². The van der Waals surface area contributed by atoms with E-state index < -0.39 is 0 Å². The number of likely N-dealkylation sites (tertiary alicyclic amines) is 1. The average Bonchev–Trinajstić information content (AvgIpc) is 2.35. The third kappa shape index (κ3) is 2.82. The fraction of sp³-hybridized carbons (Fsp3) is 0.500. The van der Waals surface area contributed by atoms with Crippen molar-refractivity contribution in [3.05, 3.63) is 29.3 Å². The third-order valence-electron chi connectivity index (χ3n) is 3.54. The summed E-state index contributed by atoms with van der Waals surface area (Å²) in [5.41, 5.74) is 1.10. The summed E-state index contributed by atoms with van der Waals surface area (Å²) in [6.45, 7) is 3.80. The van der Waals surface area contributed by atoms with Crippen molar-refractivity contribution in [2.24, 2.45) is 0 Å². The van der Waals surface area contributed by atoms with Crippen molar-refractivity contribution in [2.45, 2.75) is 25.8 Å². The molecule has 2 rings (SSSR count).